The van der Waals surface area contributed by atoms with E-state index in [1.54, 1.807) is 6.33 Å². The molecule has 2 aromatic heterocycles. The minimum atomic E-state index is -4.48. The monoisotopic (exact) mass is 450 g/mol. The fraction of sp³-hybridized carbons (Fsp3) is 0.650. The Labute approximate surface area is 182 Å². The van der Waals surface area contributed by atoms with E-state index in [1.807, 2.05) is 9.80 Å². The first-order valence-corrected chi connectivity index (χ1v) is 10.9. The first-order valence-electron chi connectivity index (χ1n) is 10.9. The summed E-state index contributed by atoms with van der Waals surface area (Å²) in [5.74, 6) is 1.41. The number of carbonyl (C=O) groups is 1. The van der Waals surface area contributed by atoms with Gasteiger partial charge in [-0.15, -0.1) is 10.2 Å². The zero-order valence-electron chi connectivity index (χ0n) is 17.5. The van der Waals surface area contributed by atoms with Crippen LogP contribution in [0.1, 0.15) is 49.5 Å². The van der Waals surface area contributed by atoms with Crippen molar-refractivity contribution in [2.45, 2.75) is 50.2 Å². The lowest BCUT2D eigenvalue weighted by Gasteiger charge is -2.54. The lowest BCUT2D eigenvalue weighted by Crippen LogP contribution is -2.62. The molecule has 2 aliphatic heterocycles. The van der Waals surface area contributed by atoms with E-state index in [2.05, 4.69) is 30.5 Å². The second-order valence-corrected chi connectivity index (χ2v) is 9.15. The van der Waals surface area contributed by atoms with E-state index in [4.69, 9.17) is 0 Å². The lowest BCUT2D eigenvalue weighted by atomic mass is 9.67. The summed E-state index contributed by atoms with van der Waals surface area (Å²) in [5.41, 5.74) is -0.834. The predicted molar refractivity (Wildman–Crippen MR) is 108 cm³/mol. The molecule has 3 fully saturated rings. The SMILES string of the molecule is O=C(N1CC[C@H](c2nnc[nH]2)C1)N1CC2(CCC(Nc3cnc(C(F)(F)F)cn3)CC2)C1. The summed E-state index contributed by atoms with van der Waals surface area (Å²) in [6.07, 6.45) is 3.60. The number of H-pyrrole nitrogens is 1. The van der Waals surface area contributed by atoms with Crippen LogP contribution < -0.4 is 5.32 Å². The van der Waals surface area contributed by atoms with Crippen molar-refractivity contribution < 1.29 is 18.0 Å². The smallest absolute Gasteiger partial charge is 0.366 e. The molecule has 4 heterocycles. The topological polar surface area (TPSA) is 103 Å². The van der Waals surface area contributed by atoms with Crippen molar-refractivity contribution in [1.29, 1.82) is 0 Å². The van der Waals surface area contributed by atoms with E-state index in [0.717, 1.165) is 70.0 Å². The number of anilines is 1. The summed E-state index contributed by atoms with van der Waals surface area (Å²) in [5, 5.41) is 11.1. The Morgan fingerprint density at radius 1 is 1.12 bits per heavy atom. The maximum atomic E-state index is 12.9. The van der Waals surface area contributed by atoms with Crippen LogP contribution in [0.25, 0.3) is 0 Å². The molecular formula is C20H25F3N8O. The maximum absolute atomic E-state index is 12.9. The Morgan fingerprint density at radius 3 is 2.53 bits per heavy atom. The summed E-state index contributed by atoms with van der Waals surface area (Å²) in [4.78, 5) is 27.0. The molecule has 12 heteroatoms. The van der Waals surface area contributed by atoms with Crippen LogP contribution in [0, 0.1) is 5.41 Å². The van der Waals surface area contributed by atoms with Gasteiger partial charge in [-0.1, -0.05) is 0 Å². The third-order valence-electron chi connectivity index (χ3n) is 6.94. The third-order valence-corrected chi connectivity index (χ3v) is 6.94. The molecule has 172 valence electrons. The molecule has 1 saturated carbocycles. The fourth-order valence-electron chi connectivity index (χ4n) is 5.12. The van der Waals surface area contributed by atoms with Crippen molar-refractivity contribution in [3.8, 4) is 0 Å². The molecule has 9 nitrogen and oxygen atoms in total. The number of likely N-dealkylation sites (tertiary alicyclic amines) is 2. The molecule has 2 aromatic rings. The minimum absolute atomic E-state index is 0.0953. The number of alkyl halides is 3. The van der Waals surface area contributed by atoms with Gasteiger partial charge in [-0.05, 0) is 32.1 Å². The summed E-state index contributed by atoms with van der Waals surface area (Å²) >= 11 is 0. The highest BCUT2D eigenvalue weighted by Gasteiger charge is 2.48. The number of carbonyl (C=O) groups excluding carboxylic acids is 1. The number of nitrogens with one attached hydrogen (secondary N) is 2. The van der Waals surface area contributed by atoms with Gasteiger partial charge in [-0.25, -0.2) is 14.8 Å². The molecule has 0 aromatic carbocycles. The van der Waals surface area contributed by atoms with Crippen LogP contribution in [0.2, 0.25) is 0 Å². The number of rotatable bonds is 3. The lowest BCUT2D eigenvalue weighted by molar-refractivity contribution is -0.141. The van der Waals surface area contributed by atoms with Gasteiger partial charge in [0.25, 0.3) is 0 Å². The van der Waals surface area contributed by atoms with E-state index >= 15 is 0 Å². The molecule has 0 radical (unpaired) electrons. The predicted octanol–water partition coefficient (Wildman–Crippen LogP) is 2.88. The van der Waals surface area contributed by atoms with Crippen LogP contribution in [0.3, 0.4) is 0 Å². The van der Waals surface area contributed by atoms with Gasteiger partial charge in [-0.3, -0.25) is 0 Å². The summed E-state index contributed by atoms with van der Waals surface area (Å²) in [7, 11) is 0. The first-order chi connectivity index (χ1) is 15.3. The van der Waals surface area contributed by atoms with Crippen molar-refractivity contribution in [3.63, 3.8) is 0 Å². The number of halogens is 3. The van der Waals surface area contributed by atoms with Crippen molar-refractivity contribution in [2.24, 2.45) is 5.41 Å². The van der Waals surface area contributed by atoms with E-state index in [0.29, 0.717) is 12.4 Å². The fourth-order valence-corrected chi connectivity index (χ4v) is 5.12. The molecule has 5 rings (SSSR count). The number of nitrogens with zero attached hydrogens (tertiary/aromatic N) is 6. The minimum Gasteiger partial charge on any atom is -0.366 e. The van der Waals surface area contributed by atoms with Gasteiger partial charge in [0.15, 0.2) is 5.69 Å². The van der Waals surface area contributed by atoms with Crippen LogP contribution >= 0.6 is 0 Å². The van der Waals surface area contributed by atoms with Crippen molar-refractivity contribution in [2.75, 3.05) is 31.5 Å². The van der Waals surface area contributed by atoms with Gasteiger partial charge in [0.05, 0.1) is 12.4 Å². The third kappa shape index (κ3) is 4.09. The van der Waals surface area contributed by atoms with Gasteiger partial charge in [0.1, 0.15) is 18.0 Å². The molecule has 2 saturated heterocycles. The molecule has 32 heavy (non-hydrogen) atoms. The molecular weight excluding hydrogens is 425 g/mol. The van der Waals surface area contributed by atoms with Crippen LogP contribution in [0.4, 0.5) is 23.8 Å². The Bertz CT molecular complexity index is 933. The zero-order valence-corrected chi connectivity index (χ0v) is 17.5. The average Bonchev–Trinajstić information content (AvgIpc) is 3.44. The van der Waals surface area contributed by atoms with Crippen molar-refractivity contribution in [1.82, 2.24) is 34.9 Å². The second kappa shape index (κ2) is 7.89. The first kappa shape index (κ1) is 21.0. The quantitative estimate of drug-likeness (QED) is 0.746. The second-order valence-electron chi connectivity index (χ2n) is 9.15. The standard InChI is InChI=1S/C20H25F3N8O/c21-20(22,23)15-7-25-16(8-24-15)28-14-1-4-19(5-2-14)10-31(11-19)18(32)30-6-3-13(9-30)17-26-12-27-29-17/h7-8,12-14H,1-6,9-11H2,(H,25,28)(H,26,27,29)/t13-/m0/s1. The Kier molecular flexibility index (Phi) is 5.17. The van der Waals surface area contributed by atoms with Crippen LogP contribution in [0.5, 0.6) is 0 Å². The molecule has 2 amide bonds. The highest BCUT2D eigenvalue weighted by Crippen LogP contribution is 2.45. The van der Waals surface area contributed by atoms with Crippen LogP contribution in [-0.2, 0) is 6.18 Å². The van der Waals surface area contributed by atoms with Crippen molar-refractivity contribution in [3.05, 3.63) is 30.2 Å². The van der Waals surface area contributed by atoms with Gasteiger partial charge < -0.3 is 20.1 Å². The van der Waals surface area contributed by atoms with Gasteiger partial charge in [0, 0.05) is 43.6 Å². The number of aromatic nitrogens is 5. The molecule has 3 aliphatic rings. The normalized spacial score (nSPS) is 23.4. The summed E-state index contributed by atoms with van der Waals surface area (Å²) in [6, 6.07) is 0.246. The summed E-state index contributed by atoms with van der Waals surface area (Å²) < 4.78 is 37.9. The van der Waals surface area contributed by atoms with Crippen LogP contribution in [-0.4, -0.2) is 73.2 Å². The Morgan fingerprint density at radius 2 is 1.91 bits per heavy atom. The van der Waals surface area contributed by atoms with E-state index in [1.165, 1.54) is 0 Å². The van der Waals surface area contributed by atoms with E-state index in [-0.39, 0.29) is 23.4 Å². The molecule has 1 aliphatic carbocycles. The molecule has 1 atom stereocenters. The Hall–Kier alpha value is -2.92. The molecule has 2 N–H and O–H groups in total. The van der Waals surface area contributed by atoms with E-state index < -0.39 is 11.9 Å². The number of hydrogen-bond donors (Lipinski definition) is 2. The summed E-state index contributed by atoms with van der Waals surface area (Å²) in [6.45, 7) is 2.93. The number of hydrogen-bond acceptors (Lipinski definition) is 6. The maximum Gasteiger partial charge on any atom is 0.434 e. The number of aromatic amines is 1. The molecule has 1 spiro atoms. The Balaban J connectivity index is 1.08. The van der Waals surface area contributed by atoms with Gasteiger partial charge in [0.2, 0.25) is 0 Å². The average molecular weight is 450 g/mol. The number of amides is 2. The van der Waals surface area contributed by atoms with E-state index in [9.17, 15) is 18.0 Å². The largest absolute Gasteiger partial charge is 0.434 e. The zero-order chi connectivity index (χ0) is 22.3. The van der Waals surface area contributed by atoms with Crippen molar-refractivity contribution >= 4 is 11.8 Å². The number of urea groups is 1. The van der Waals surface area contributed by atoms with Gasteiger partial charge in [-0.2, -0.15) is 13.2 Å². The molecule has 0 bridgehead atoms. The van der Waals surface area contributed by atoms with Crippen LogP contribution in [0.15, 0.2) is 18.7 Å². The molecule has 0 unspecified atom stereocenters. The highest BCUT2D eigenvalue weighted by atomic mass is 19.4. The van der Waals surface area contributed by atoms with Gasteiger partial charge >= 0.3 is 12.2 Å². The highest BCUT2D eigenvalue weighted by molar-refractivity contribution is 5.76.